The number of hydrogen-bond acceptors (Lipinski definition) is 9. The maximum atomic E-state index is 16.4. The molecule has 6 heterocycles. The highest BCUT2D eigenvalue weighted by molar-refractivity contribution is 6.32. The molecule has 224 valence electrons. The van der Waals surface area contributed by atoms with E-state index in [4.69, 9.17) is 31.5 Å². The van der Waals surface area contributed by atoms with Crippen molar-refractivity contribution in [2.75, 3.05) is 56.7 Å². The van der Waals surface area contributed by atoms with Crippen molar-refractivity contribution in [1.82, 2.24) is 19.9 Å². The maximum absolute atomic E-state index is 16.4. The van der Waals surface area contributed by atoms with Gasteiger partial charge in [0.1, 0.15) is 41.8 Å². The molecule has 4 aliphatic rings. The van der Waals surface area contributed by atoms with Gasteiger partial charge in [0.2, 0.25) is 5.88 Å². The van der Waals surface area contributed by atoms with Gasteiger partial charge in [-0.1, -0.05) is 11.6 Å². The van der Waals surface area contributed by atoms with E-state index in [2.05, 4.69) is 19.9 Å². The topological polar surface area (TPSA) is 98.9 Å². The van der Waals surface area contributed by atoms with E-state index in [1.165, 1.54) is 0 Å². The fourth-order valence-electron chi connectivity index (χ4n) is 6.66. The number of anilines is 2. The average Bonchev–Trinajstić information content (AvgIpc) is 3.40. The molecular formula is C27H26ClF5N6O3. The van der Waals surface area contributed by atoms with Crippen LogP contribution in [0, 0.1) is 5.82 Å². The minimum Gasteiger partial charge on any atom is -0.475 e. The second kappa shape index (κ2) is 9.91. The number of halogens is 6. The molecule has 9 nitrogen and oxygen atoms in total. The molecule has 0 radical (unpaired) electrons. The molecule has 0 saturated carbocycles. The van der Waals surface area contributed by atoms with E-state index < -0.39 is 45.5 Å². The van der Waals surface area contributed by atoms with Gasteiger partial charge in [0.25, 0.3) is 0 Å². The van der Waals surface area contributed by atoms with Gasteiger partial charge in [-0.3, -0.25) is 4.90 Å². The third-order valence-corrected chi connectivity index (χ3v) is 8.80. The second-order valence-corrected chi connectivity index (χ2v) is 11.6. The zero-order valence-corrected chi connectivity index (χ0v) is 22.9. The van der Waals surface area contributed by atoms with Crippen LogP contribution in [-0.2, 0) is 10.9 Å². The van der Waals surface area contributed by atoms with Crippen molar-refractivity contribution in [2.45, 2.75) is 43.2 Å². The first-order valence-electron chi connectivity index (χ1n) is 13.6. The van der Waals surface area contributed by atoms with E-state index in [-0.39, 0.29) is 60.2 Å². The van der Waals surface area contributed by atoms with Crippen molar-refractivity contribution < 1.29 is 36.2 Å². The monoisotopic (exact) mass is 612 g/mol. The molecule has 3 saturated heterocycles. The predicted molar refractivity (Wildman–Crippen MR) is 143 cm³/mol. The van der Waals surface area contributed by atoms with Gasteiger partial charge in [0, 0.05) is 30.8 Å². The quantitative estimate of drug-likeness (QED) is 0.334. The molecule has 42 heavy (non-hydrogen) atoms. The Morgan fingerprint density at radius 1 is 1.17 bits per heavy atom. The van der Waals surface area contributed by atoms with Crippen LogP contribution in [0.1, 0.15) is 24.8 Å². The Morgan fingerprint density at radius 3 is 2.81 bits per heavy atom. The highest BCUT2D eigenvalue weighted by atomic mass is 35.5. The van der Waals surface area contributed by atoms with Gasteiger partial charge in [0.05, 0.1) is 35.4 Å². The summed E-state index contributed by atoms with van der Waals surface area (Å²) < 4.78 is 90.8. The third-order valence-electron chi connectivity index (χ3n) is 8.51. The summed E-state index contributed by atoms with van der Waals surface area (Å²) in [4.78, 5) is 17.1. The number of fused-ring (bicyclic) bond motifs is 3. The lowest BCUT2D eigenvalue weighted by Crippen LogP contribution is -2.48. The number of rotatable bonds is 4. The van der Waals surface area contributed by atoms with Crippen molar-refractivity contribution in [1.29, 1.82) is 0 Å². The highest BCUT2D eigenvalue weighted by Gasteiger charge is 2.49. The molecule has 15 heteroatoms. The van der Waals surface area contributed by atoms with Crippen LogP contribution in [0.3, 0.4) is 0 Å². The summed E-state index contributed by atoms with van der Waals surface area (Å²) in [6.07, 6.45) is -4.00. The Bertz CT molecular complexity index is 1580. The van der Waals surface area contributed by atoms with E-state index in [0.29, 0.717) is 26.1 Å². The summed E-state index contributed by atoms with van der Waals surface area (Å²) in [5.74, 6) is -1.01. The highest BCUT2D eigenvalue weighted by Crippen LogP contribution is 2.47. The number of morpholine rings is 1. The number of nitrogen functional groups attached to an aromatic ring is 1. The third kappa shape index (κ3) is 4.45. The number of alkyl halides is 4. The number of nitrogens with two attached hydrogens (primary N) is 1. The molecule has 2 N–H and O–H groups in total. The molecule has 3 fully saturated rings. The van der Waals surface area contributed by atoms with Gasteiger partial charge >= 0.3 is 12.2 Å². The summed E-state index contributed by atoms with van der Waals surface area (Å²) in [6, 6.07) is 1.40. The van der Waals surface area contributed by atoms with Crippen molar-refractivity contribution in [3.05, 3.63) is 28.5 Å². The van der Waals surface area contributed by atoms with Crippen molar-refractivity contribution >= 4 is 34.0 Å². The fourth-order valence-corrected chi connectivity index (χ4v) is 6.99. The lowest BCUT2D eigenvalue weighted by molar-refractivity contribution is -0.137. The fraction of sp³-hybridized carbons (Fsp3) is 0.519. The Hall–Kier alpha value is -3.23. The summed E-state index contributed by atoms with van der Waals surface area (Å²) in [6.45, 7) is 2.25. The van der Waals surface area contributed by atoms with Crippen LogP contribution < -0.4 is 20.1 Å². The van der Waals surface area contributed by atoms with Gasteiger partial charge in [0.15, 0.2) is 5.82 Å². The lowest BCUT2D eigenvalue weighted by atomic mass is 9.95. The molecule has 0 unspecified atom stereocenters. The molecule has 0 aliphatic carbocycles. The number of nitrogens with zero attached hydrogens (tertiary/aromatic N) is 5. The minimum absolute atomic E-state index is 0.0551. The molecule has 0 amide bonds. The summed E-state index contributed by atoms with van der Waals surface area (Å²) in [7, 11) is 0. The average molecular weight is 613 g/mol. The molecule has 4 aliphatic heterocycles. The van der Waals surface area contributed by atoms with Gasteiger partial charge in [-0.15, -0.1) is 0 Å². The van der Waals surface area contributed by atoms with Crippen molar-refractivity contribution in [2.24, 2.45) is 0 Å². The molecule has 1 aromatic carbocycles. The lowest BCUT2D eigenvalue weighted by Gasteiger charge is -2.35. The zero-order valence-electron chi connectivity index (χ0n) is 22.2. The first-order chi connectivity index (χ1) is 20.0. The second-order valence-electron chi connectivity index (χ2n) is 11.2. The van der Waals surface area contributed by atoms with Crippen LogP contribution >= 0.6 is 11.6 Å². The Labute approximate surface area is 241 Å². The number of aromatic nitrogens is 3. The minimum atomic E-state index is -4.94. The molecule has 0 spiro atoms. The van der Waals surface area contributed by atoms with Crippen LogP contribution in [0.25, 0.3) is 22.2 Å². The molecule has 7 rings (SSSR count). The number of ether oxygens (including phenoxy) is 3. The predicted octanol–water partition coefficient (Wildman–Crippen LogP) is 4.64. The maximum Gasteiger partial charge on any atom is 0.418 e. The Balaban J connectivity index is 1.40. The first kappa shape index (κ1) is 27.6. The number of benzene rings is 1. The first-order valence-corrected chi connectivity index (χ1v) is 14.0. The molecule has 3 aromatic rings. The van der Waals surface area contributed by atoms with Crippen LogP contribution in [0.4, 0.5) is 33.5 Å². The summed E-state index contributed by atoms with van der Waals surface area (Å²) >= 11 is 5.96. The van der Waals surface area contributed by atoms with Crippen LogP contribution in [-0.4, -0.2) is 83.7 Å². The van der Waals surface area contributed by atoms with Gasteiger partial charge in [-0.05, 0) is 31.5 Å². The smallest absolute Gasteiger partial charge is 0.418 e. The van der Waals surface area contributed by atoms with Gasteiger partial charge in [-0.25, -0.2) is 13.8 Å². The van der Waals surface area contributed by atoms with E-state index in [1.807, 2.05) is 4.90 Å². The largest absolute Gasteiger partial charge is 0.475 e. The van der Waals surface area contributed by atoms with Gasteiger partial charge < -0.3 is 24.8 Å². The van der Waals surface area contributed by atoms with Crippen LogP contribution in [0.5, 0.6) is 11.9 Å². The van der Waals surface area contributed by atoms with E-state index in [0.717, 1.165) is 31.5 Å². The Morgan fingerprint density at radius 2 is 2.00 bits per heavy atom. The van der Waals surface area contributed by atoms with E-state index in [9.17, 15) is 17.6 Å². The summed E-state index contributed by atoms with van der Waals surface area (Å²) in [5, 5.41) is -0.600. The standard InChI is InChI=1S/C27H26ClF5N6O3/c28-17-7-14(34)6-16(19(17)27(31,32)33)21-20(30)22-18-23(39-4-5-40-10-15(39)11-41-24(18)35-21)37-25(36-22)42-12-26-2-1-3-38(26)9-13(29)8-26/h6-7,13,15H,1-5,8-12,34H2/t13-,15+,26+/m1/s1. The zero-order chi connectivity index (χ0) is 29.4. The number of hydrogen-bond donors (Lipinski definition) is 1. The van der Waals surface area contributed by atoms with Gasteiger partial charge in [-0.2, -0.15) is 23.1 Å². The molecule has 3 atom stereocenters. The van der Waals surface area contributed by atoms with Crippen molar-refractivity contribution in [3.8, 4) is 23.1 Å². The van der Waals surface area contributed by atoms with E-state index in [1.54, 1.807) is 0 Å². The molecule has 0 bridgehead atoms. The number of pyridine rings is 1. The molecule has 2 aromatic heterocycles. The normalized spacial score (nSPS) is 25.7. The van der Waals surface area contributed by atoms with E-state index >= 15 is 4.39 Å². The molecular weight excluding hydrogens is 587 g/mol. The Kier molecular flexibility index (Phi) is 6.51. The van der Waals surface area contributed by atoms with Crippen LogP contribution in [0.2, 0.25) is 5.02 Å². The summed E-state index contributed by atoms with van der Waals surface area (Å²) in [5.41, 5.74) is 2.24. The van der Waals surface area contributed by atoms with Crippen molar-refractivity contribution in [3.63, 3.8) is 0 Å². The van der Waals surface area contributed by atoms with Crippen LogP contribution in [0.15, 0.2) is 12.1 Å². The SMILES string of the molecule is Nc1cc(Cl)c(C(F)(F)F)c(-c2nc3c4c(nc(OC[C@@]56CCCN5C[C@H](F)C6)nc4c2F)N2CCOC[C@H]2CO3)c1.